The molecule has 3 rings (SSSR count). The van der Waals surface area contributed by atoms with E-state index in [4.69, 9.17) is 4.74 Å². The lowest BCUT2D eigenvalue weighted by molar-refractivity contribution is -0.198. The molecule has 2 aromatic rings. The standard InChI is InChI=1S/C21H27N3O3/c1-14-12-16(25)18(22-24(14)15-10-8-7-9-11-15)19(26)23(5)17-13-21(4,27-6)20(17,2)3/h7-12,17H,13H2,1-6H3. The van der Waals surface area contributed by atoms with E-state index in [2.05, 4.69) is 18.9 Å². The first-order chi connectivity index (χ1) is 12.6. The van der Waals surface area contributed by atoms with Crippen LogP contribution >= 0.6 is 0 Å². The van der Waals surface area contributed by atoms with Crippen LogP contribution < -0.4 is 5.43 Å². The minimum absolute atomic E-state index is 0.0253. The second-order valence-electron chi connectivity index (χ2n) is 8.04. The molecule has 0 aliphatic heterocycles. The van der Waals surface area contributed by atoms with Crippen molar-refractivity contribution in [1.29, 1.82) is 0 Å². The third kappa shape index (κ3) is 2.98. The summed E-state index contributed by atoms with van der Waals surface area (Å²) >= 11 is 0. The monoisotopic (exact) mass is 369 g/mol. The Balaban J connectivity index is 1.95. The Kier molecular flexibility index (Phi) is 4.72. The third-order valence-electron chi connectivity index (χ3n) is 6.33. The number of aryl methyl sites for hydroxylation is 1. The SMILES string of the molecule is COC1(C)CC(N(C)C(=O)c2nn(-c3ccccc3)c(C)cc2=O)C1(C)C. The highest BCUT2D eigenvalue weighted by molar-refractivity contribution is 5.92. The minimum Gasteiger partial charge on any atom is -0.378 e. The molecule has 144 valence electrons. The lowest BCUT2D eigenvalue weighted by atomic mass is 9.55. The van der Waals surface area contributed by atoms with Gasteiger partial charge in [0.2, 0.25) is 5.43 Å². The van der Waals surface area contributed by atoms with Crippen molar-refractivity contribution in [2.75, 3.05) is 14.2 Å². The van der Waals surface area contributed by atoms with E-state index in [1.807, 2.05) is 37.3 Å². The van der Waals surface area contributed by atoms with Crippen molar-refractivity contribution in [1.82, 2.24) is 14.7 Å². The third-order valence-corrected chi connectivity index (χ3v) is 6.33. The van der Waals surface area contributed by atoms with E-state index < -0.39 is 0 Å². The van der Waals surface area contributed by atoms with Crippen LogP contribution in [0.2, 0.25) is 0 Å². The maximum absolute atomic E-state index is 13.1. The van der Waals surface area contributed by atoms with Gasteiger partial charge in [0.1, 0.15) is 0 Å². The number of ether oxygens (including phenoxy) is 1. The van der Waals surface area contributed by atoms with Crippen molar-refractivity contribution in [3.05, 3.63) is 58.0 Å². The van der Waals surface area contributed by atoms with E-state index in [-0.39, 0.29) is 34.1 Å². The van der Waals surface area contributed by atoms with E-state index in [1.54, 1.807) is 30.7 Å². The van der Waals surface area contributed by atoms with Gasteiger partial charge in [-0.3, -0.25) is 9.59 Å². The van der Waals surface area contributed by atoms with Gasteiger partial charge in [-0.2, -0.15) is 5.10 Å². The van der Waals surface area contributed by atoms with Crippen LogP contribution in [0, 0.1) is 12.3 Å². The van der Waals surface area contributed by atoms with Gasteiger partial charge < -0.3 is 9.64 Å². The second kappa shape index (κ2) is 6.60. The van der Waals surface area contributed by atoms with Crippen LogP contribution in [-0.2, 0) is 4.74 Å². The summed E-state index contributed by atoms with van der Waals surface area (Å²) in [7, 11) is 3.43. The Bertz CT molecular complexity index is 920. The lowest BCUT2D eigenvalue weighted by Crippen LogP contribution is -2.68. The summed E-state index contributed by atoms with van der Waals surface area (Å²) in [6, 6.07) is 10.9. The second-order valence-corrected chi connectivity index (χ2v) is 8.04. The highest BCUT2D eigenvalue weighted by Gasteiger charge is 2.60. The van der Waals surface area contributed by atoms with E-state index >= 15 is 0 Å². The van der Waals surface area contributed by atoms with Gasteiger partial charge in [0.15, 0.2) is 5.69 Å². The molecule has 1 saturated carbocycles. The Hall–Kier alpha value is -2.47. The molecule has 2 unspecified atom stereocenters. The van der Waals surface area contributed by atoms with Crippen molar-refractivity contribution in [3.8, 4) is 5.69 Å². The highest BCUT2D eigenvalue weighted by Crippen LogP contribution is 2.53. The zero-order valence-corrected chi connectivity index (χ0v) is 16.8. The summed E-state index contributed by atoms with van der Waals surface area (Å²) in [5.41, 5.74) is 0.549. The van der Waals surface area contributed by atoms with Gasteiger partial charge in [-0.15, -0.1) is 0 Å². The zero-order valence-electron chi connectivity index (χ0n) is 16.8. The predicted molar refractivity (Wildman–Crippen MR) is 104 cm³/mol. The molecule has 0 N–H and O–H groups in total. The fourth-order valence-corrected chi connectivity index (χ4v) is 3.91. The molecule has 0 spiro atoms. The van der Waals surface area contributed by atoms with Crippen molar-refractivity contribution in [2.45, 2.75) is 45.8 Å². The minimum atomic E-state index is -0.360. The number of nitrogens with zero attached hydrogens (tertiary/aromatic N) is 3. The molecule has 1 aliphatic rings. The van der Waals surface area contributed by atoms with Crippen LogP contribution in [0.5, 0.6) is 0 Å². The quantitative estimate of drug-likeness (QED) is 0.831. The zero-order chi connectivity index (χ0) is 20.0. The molecule has 0 saturated heterocycles. The Labute approximate surface area is 159 Å². The highest BCUT2D eigenvalue weighted by atomic mass is 16.5. The van der Waals surface area contributed by atoms with Crippen molar-refractivity contribution in [3.63, 3.8) is 0 Å². The van der Waals surface area contributed by atoms with Crippen LogP contribution in [0.25, 0.3) is 5.69 Å². The van der Waals surface area contributed by atoms with Crippen molar-refractivity contribution >= 4 is 5.91 Å². The summed E-state index contributed by atoms with van der Waals surface area (Å²) in [5, 5.41) is 4.39. The summed E-state index contributed by atoms with van der Waals surface area (Å²) in [6.45, 7) is 8.02. The number of hydrogen-bond acceptors (Lipinski definition) is 4. The van der Waals surface area contributed by atoms with Crippen LogP contribution in [0.3, 0.4) is 0 Å². The molecular formula is C21H27N3O3. The van der Waals surface area contributed by atoms with Crippen LogP contribution in [0.1, 0.15) is 43.4 Å². The topological polar surface area (TPSA) is 64.4 Å². The molecule has 27 heavy (non-hydrogen) atoms. The average Bonchev–Trinajstić information content (AvgIpc) is 2.65. The maximum Gasteiger partial charge on any atom is 0.278 e. The van der Waals surface area contributed by atoms with E-state index in [9.17, 15) is 9.59 Å². The Morgan fingerprint density at radius 3 is 2.44 bits per heavy atom. The largest absolute Gasteiger partial charge is 0.378 e. The smallest absolute Gasteiger partial charge is 0.278 e. The fourth-order valence-electron chi connectivity index (χ4n) is 3.91. The number of carbonyl (C=O) groups excluding carboxylic acids is 1. The van der Waals surface area contributed by atoms with Gasteiger partial charge in [0.25, 0.3) is 5.91 Å². The van der Waals surface area contributed by atoms with Crippen molar-refractivity contribution in [2.24, 2.45) is 5.41 Å². The first-order valence-electron chi connectivity index (χ1n) is 9.11. The Morgan fingerprint density at radius 1 is 1.26 bits per heavy atom. The molecule has 6 nitrogen and oxygen atoms in total. The maximum atomic E-state index is 13.1. The number of methoxy groups -OCH3 is 1. The number of amides is 1. The van der Waals surface area contributed by atoms with Crippen LogP contribution in [0.15, 0.2) is 41.2 Å². The molecule has 1 amide bonds. The van der Waals surface area contributed by atoms with Crippen LogP contribution in [-0.4, -0.2) is 46.4 Å². The van der Waals surface area contributed by atoms with E-state index in [0.717, 1.165) is 12.1 Å². The normalized spacial score (nSPS) is 23.6. The summed E-state index contributed by atoms with van der Waals surface area (Å²) in [6.07, 6.45) is 0.720. The molecule has 0 bridgehead atoms. The number of aromatic nitrogens is 2. The molecule has 0 radical (unpaired) electrons. The Morgan fingerprint density at radius 2 is 1.89 bits per heavy atom. The molecule has 6 heteroatoms. The number of benzene rings is 1. The summed E-state index contributed by atoms with van der Waals surface area (Å²) in [5.74, 6) is -0.360. The molecule has 1 aromatic heterocycles. The van der Waals surface area contributed by atoms with E-state index in [1.165, 1.54) is 6.07 Å². The van der Waals surface area contributed by atoms with Crippen LogP contribution in [0.4, 0.5) is 0 Å². The lowest BCUT2D eigenvalue weighted by Gasteiger charge is -2.61. The van der Waals surface area contributed by atoms with Gasteiger partial charge in [0, 0.05) is 37.4 Å². The van der Waals surface area contributed by atoms with E-state index in [0.29, 0.717) is 5.69 Å². The fraction of sp³-hybridized carbons (Fsp3) is 0.476. The number of para-hydroxylation sites is 1. The molecule has 1 fully saturated rings. The molecule has 2 atom stereocenters. The van der Waals surface area contributed by atoms with Crippen molar-refractivity contribution < 1.29 is 9.53 Å². The molecular weight excluding hydrogens is 342 g/mol. The van der Waals surface area contributed by atoms with Gasteiger partial charge in [0.05, 0.1) is 11.3 Å². The van der Waals surface area contributed by atoms with Gasteiger partial charge in [-0.25, -0.2) is 4.68 Å². The number of carbonyl (C=O) groups is 1. The van der Waals surface area contributed by atoms with Gasteiger partial charge in [-0.05, 0) is 32.4 Å². The molecule has 1 aromatic carbocycles. The molecule has 1 aliphatic carbocycles. The summed E-state index contributed by atoms with van der Waals surface area (Å²) < 4.78 is 7.28. The summed E-state index contributed by atoms with van der Waals surface area (Å²) in [4.78, 5) is 27.2. The number of hydrogen-bond donors (Lipinski definition) is 0. The van der Waals surface area contributed by atoms with Gasteiger partial charge >= 0.3 is 0 Å². The molecule has 1 heterocycles. The first-order valence-corrected chi connectivity index (χ1v) is 9.11. The van der Waals surface area contributed by atoms with Gasteiger partial charge in [-0.1, -0.05) is 32.0 Å². The predicted octanol–water partition coefficient (Wildman–Crippen LogP) is 2.82. The average molecular weight is 369 g/mol. The number of rotatable bonds is 4. The first kappa shape index (κ1) is 19.3.